The van der Waals surface area contributed by atoms with Crippen molar-refractivity contribution in [2.45, 2.75) is 20.0 Å². The Kier molecular flexibility index (Phi) is 3.06. The second-order valence-electron chi connectivity index (χ2n) is 3.22. The van der Waals surface area contributed by atoms with E-state index in [9.17, 15) is 4.79 Å². The molecule has 0 unspecified atom stereocenters. The zero-order chi connectivity index (χ0) is 10.8. The molecule has 0 bridgehead atoms. The molecule has 2 heterocycles. The van der Waals surface area contributed by atoms with Gasteiger partial charge < -0.3 is 14.6 Å². The predicted octanol–water partition coefficient (Wildman–Crippen LogP) is 0.925. The van der Waals surface area contributed by atoms with Crippen LogP contribution in [-0.4, -0.2) is 28.7 Å². The normalized spacial score (nSPS) is 14.8. The third kappa shape index (κ3) is 1.91. The summed E-state index contributed by atoms with van der Waals surface area (Å²) in [5, 5.41) is 3.20. The number of rotatable bonds is 2. The highest BCUT2D eigenvalue weighted by Gasteiger charge is 2.22. The summed E-state index contributed by atoms with van der Waals surface area (Å²) in [7, 11) is 0. The summed E-state index contributed by atoms with van der Waals surface area (Å²) in [6, 6.07) is 0. The van der Waals surface area contributed by atoms with Gasteiger partial charge in [-0.05, 0) is 22.9 Å². The van der Waals surface area contributed by atoms with Crippen molar-refractivity contribution in [3.05, 3.63) is 16.1 Å². The molecule has 0 saturated carbocycles. The van der Waals surface area contributed by atoms with Crippen LogP contribution in [0.1, 0.15) is 23.2 Å². The first-order chi connectivity index (χ1) is 7.24. The number of aromatic nitrogens is 2. The van der Waals surface area contributed by atoms with E-state index < -0.39 is 0 Å². The quantitative estimate of drug-likeness (QED) is 0.815. The molecule has 0 saturated heterocycles. The maximum absolute atomic E-state index is 11.5. The van der Waals surface area contributed by atoms with Crippen LogP contribution in [0.4, 0.5) is 0 Å². The van der Waals surface area contributed by atoms with Gasteiger partial charge in [0.25, 0.3) is 0 Å². The minimum absolute atomic E-state index is 0.367. The van der Waals surface area contributed by atoms with Crippen molar-refractivity contribution >= 4 is 21.9 Å². The van der Waals surface area contributed by atoms with Crippen molar-refractivity contribution in [1.29, 1.82) is 0 Å². The van der Waals surface area contributed by atoms with Crippen LogP contribution in [0.3, 0.4) is 0 Å². The van der Waals surface area contributed by atoms with Crippen LogP contribution in [0.25, 0.3) is 0 Å². The minimum atomic E-state index is -0.369. The summed E-state index contributed by atoms with van der Waals surface area (Å²) in [4.78, 5) is 15.8. The van der Waals surface area contributed by atoms with Gasteiger partial charge in [0, 0.05) is 13.1 Å². The van der Waals surface area contributed by atoms with E-state index in [4.69, 9.17) is 4.74 Å². The molecule has 5 nitrogen and oxygen atoms in total. The highest BCUT2D eigenvalue weighted by atomic mass is 79.9. The van der Waals surface area contributed by atoms with E-state index in [1.165, 1.54) is 0 Å². The van der Waals surface area contributed by atoms with Crippen LogP contribution in [0.2, 0.25) is 0 Å². The number of carbonyl (C=O) groups is 1. The first-order valence-corrected chi connectivity index (χ1v) is 5.66. The van der Waals surface area contributed by atoms with Gasteiger partial charge in [-0.25, -0.2) is 9.78 Å². The Hall–Kier alpha value is -0.880. The molecule has 82 valence electrons. The van der Waals surface area contributed by atoms with Crippen molar-refractivity contribution in [3.63, 3.8) is 0 Å². The molecule has 1 aliphatic rings. The van der Waals surface area contributed by atoms with Crippen LogP contribution >= 0.6 is 15.9 Å². The molecule has 0 atom stereocenters. The van der Waals surface area contributed by atoms with Crippen LogP contribution in [-0.2, 0) is 17.8 Å². The molecular formula is C9H12BrN3O2. The van der Waals surface area contributed by atoms with E-state index >= 15 is 0 Å². The minimum Gasteiger partial charge on any atom is -0.461 e. The lowest BCUT2D eigenvalue weighted by Gasteiger charge is -2.15. The summed E-state index contributed by atoms with van der Waals surface area (Å²) in [6.07, 6.45) is 0. The first kappa shape index (κ1) is 10.6. The fourth-order valence-corrected chi connectivity index (χ4v) is 2.19. The molecule has 0 amide bonds. The third-order valence-corrected chi connectivity index (χ3v) is 3.05. The van der Waals surface area contributed by atoms with Gasteiger partial charge >= 0.3 is 5.97 Å². The zero-order valence-corrected chi connectivity index (χ0v) is 10.0. The summed E-state index contributed by atoms with van der Waals surface area (Å²) in [6.45, 7) is 4.56. The van der Waals surface area contributed by atoms with Gasteiger partial charge in [0.05, 0.1) is 13.2 Å². The molecule has 1 aliphatic heterocycles. The number of ether oxygens (including phenoxy) is 1. The molecular weight excluding hydrogens is 262 g/mol. The lowest BCUT2D eigenvalue weighted by molar-refractivity contribution is 0.0518. The largest absolute Gasteiger partial charge is 0.461 e. The summed E-state index contributed by atoms with van der Waals surface area (Å²) >= 11 is 3.38. The molecule has 2 rings (SSSR count). The number of nitrogens with one attached hydrogen (secondary N) is 1. The molecule has 6 heteroatoms. The molecule has 0 radical (unpaired) electrons. The van der Waals surface area contributed by atoms with E-state index in [0.29, 0.717) is 18.8 Å². The fourth-order valence-electron chi connectivity index (χ4n) is 1.56. The van der Waals surface area contributed by atoms with E-state index in [0.717, 1.165) is 23.5 Å². The molecule has 0 fully saturated rings. The average Bonchev–Trinajstić information content (AvgIpc) is 2.57. The van der Waals surface area contributed by atoms with Gasteiger partial charge in [0.15, 0.2) is 5.69 Å². The van der Waals surface area contributed by atoms with Crippen molar-refractivity contribution < 1.29 is 9.53 Å². The first-order valence-electron chi connectivity index (χ1n) is 4.86. The Morgan fingerprint density at radius 2 is 2.53 bits per heavy atom. The second kappa shape index (κ2) is 4.32. The van der Waals surface area contributed by atoms with Crippen LogP contribution in [0, 0.1) is 0 Å². The maximum atomic E-state index is 11.5. The molecule has 0 aliphatic carbocycles. The number of carbonyl (C=O) groups excluding carboxylic acids is 1. The Balaban J connectivity index is 2.32. The lowest BCUT2D eigenvalue weighted by atomic mass is 10.4. The Bertz CT molecular complexity index is 389. The maximum Gasteiger partial charge on any atom is 0.359 e. The average molecular weight is 274 g/mol. The van der Waals surface area contributed by atoms with Gasteiger partial charge in [0.1, 0.15) is 10.4 Å². The van der Waals surface area contributed by atoms with Gasteiger partial charge in [-0.3, -0.25) is 0 Å². The Morgan fingerprint density at radius 3 is 3.20 bits per heavy atom. The highest BCUT2D eigenvalue weighted by molar-refractivity contribution is 9.10. The van der Waals surface area contributed by atoms with Gasteiger partial charge in [-0.1, -0.05) is 0 Å². The topological polar surface area (TPSA) is 56.1 Å². The number of nitrogens with zero attached hydrogens (tertiary/aromatic N) is 2. The molecule has 0 aromatic carbocycles. The van der Waals surface area contributed by atoms with Crippen molar-refractivity contribution in [2.24, 2.45) is 0 Å². The molecule has 1 aromatic heterocycles. The van der Waals surface area contributed by atoms with E-state index in [1.807, 2.05) is 4.57 Å². The number of hydrogen-bond acceptors (Lipinski definition) is 4. The van der Waals surface area contributed by atoms with Gasteiger partial charge in [-0.15, -0.1) is 0 Å². The summed E-state index contributed by atoms with van der Waals surface area (Å²) < 4.78 is 7.63. The SMILES string of the molecule is CCOC(=O)c1nc2n(c1Br)CCNC2. The van der Waals surface area contributed by atoms with Crippen LogP contribution < -0.4 is 5.32 Å². The van der Waals surface area contributed by atoms with E-state index in [-0.39, 0.29) is 5.97 Å². The molecule has 0 spiro atoms. The highest BCUT2D eigenvalue weighted by Crippen LogP contribution is 2.21. The summed E-state index contributed by atoms with van der Waals surface area (Å²) in [5.41, 5.74) is 0.371. The van der Waals surface area contributed by atoms with Crippen LogP contribution in [0.5, 0.6) is 0 Å². The van der Waals surface area contributed by atoms with Crippen molar-refractivity contribution in [3.8, 4) is 0 Å². The zero-order valence-electron chi connectivity index (χ0n) is 8.42. The number of halogens is 1. The van der Waals surface area contributed by atoms with E-state index in [1.54, 1.807) is 6.92 Å². The number of hydrogen-bond donors (Lipinski definition) is 1. The third-order valence-electron chi connectivity index (χ3n) is 2.25. The number of fused-ring (bicyclic) bond motifs is 1. The standard InChI is InChI=1S/C9H12BrN3O2/c1-2-15-9(14)7-8(10)13-4-3-11-5-6(13)12-7/h11H,2-5H2,1H3. The monoisotopic (exact) mass is 273 g/mol. The van der Waals surface area contributed by atoms with E-state index in [2.05, 4.69) is 26.2 Å². The Labute approximate surface area is 95.9 Å². The lowest BCUT2D eigenvalue weighted by Crippen LogP contribution is -2.28. The van der Waals surface area contributed by atoms with Crippen molar-refractivity contribution in [1.82, 2.24) is 14.9 Å². The molecule has 1 N–H and O–H groups in total. The van der Waals surface area contributed by atoms with Crippen molar-refractivity contribution in [2.75, 3.05) is 13.2 Å². The predicted molar refractivity (Wildman–Crippen MR) is 57.6 cm³/mol. The van der Waals surface area contributed by atoms with Gasteiger partial charge in [-0.2, -0.15) is 0 Å². The Morgan fingerprint density at radius 1 is 1.73 bits per heavy atom. The van der Waals surface area contributed by atoms with Gasteiger partial charge in [0.2, 0.25) is 0 Å². The number of esters is 1. The number of imidazole rings is 1. The van der Waals surface area contributed by atoms with Crippen LogP contribution in [0.15, 0.2) is 4.60 Å². The summed E-state index contributed by atoms with van der Waals surface area (Å²) in [5.74, 6) is 0.502. The smallest absolute Gasteiger partial charge is 0.359 e. The molecule has 1 aromatic rings. The fraction of sp³-hybridized carbons (Fsp3) is 0.556. The second-order valence-corrected chi connectivity index (χ2v) is 3.97. The molecule has 15 heavy (non-hydrogen) atoms.